The van der Waals surface area contributed by atoms with Crippen LogP contribution in [0.5, 0.6) is 0 Å². The van der Waals surface area contributed by atoms with E-state index in [0.717, 1.165) is 36.5 Å². The Balaban J connectivity index is 1.19. The summed E-state index contributed by atoms with van der Waals surface area (Å²) >= 11 is 0. The fourth-order valence-corrected chi connectivity index (χ4v) is 9.55. The van der Waals surface area contributed by atoms with Gasteiger partial charge in [0.1, 0.15) is 5.82 Å². The van der Waals surface area contributed by atoms with Crippen molar-refractivity contribution < 1.29 is 14.3 Å². The molecule has 5 saturated carbocycles. The van der Waals surface area contributed by atoms with Gasteiger partial charge in [0, 0.05) is 5.92 Å². The van der Waals surface area contributed by atoms with Crippen LogP contribution in [0.1, 0.15) is 65.2 Å². The van der Waals surface area contributed by atoms with Crippen LogP contribution in [0.2, 0.25) is 0 Å². The largest absolute Gasteiger partial charge is 0.390 e. The van der Waals surface area contributed by atoms with E-state index < -0.39 is 5.60 Å². The molecule has 0 amide bonds. The second kappa shape index (κ2) is 7.29. The van der Waals surface area contributed by atoms with E-state index in [4.69, 9.17) is 0 Å². The van der Waals surface area contributed by atoms with Gasteiger partial charge >= 0.3 is 0 Å². The van der Waals surface area contributed by atoms with Crippen LogP contribution in [0.3, 0.4) is 0 Å². The molecule has 0 heterocycles. The number of rotatable bonds is 4. The number of ketones is 1. The summed E-state index contributed by atoms with van der Waals surface area (Å²) in [4.78, 5) is 13.5. The van der Waals surface area contributed by atoms with Crippen molar-refractivity contribution in [2.24, 2.45) is 52.8 Å². The summed E-state index contributed by atoms with van der Waals surface area (Å²) in [5.41, 5.74) is 0.0908. The Hall–Kier alpha value is -1.42. The van der Waals surface area contributed by atoms with Crippen LogP contribution in [0.4, 0.5) is 10.1 Å². The maximum absolute atomic E-state index is 14.0. The number of aliphatic hydroxyl groups is 1. The van der Waals surface area contributed by atoms with Gasteiger partial charge in [-0.15, -0.1) is 0 Å². The molecule has 0 saturated heterocycles. The van der Waals surface area contributed by atoms with Crippen molar-refractivity contribution in [1.29, 1.82) is 0 Å². The van der Waals surface area contributed by atoms with Gasteiger partial charge < -0.3 is 10.4 Å². The number of Topliss-reactive ketones (excluding diaryl/α,β-unsaturated/α-hetero) is 1. The van der Waals surface area contributed by atoms with Gasteiger partial charge in [-0.25, -0.2) is 4.39 Å². The molecule has 6 rings (SSSR count). The van der Waals surface area contributed by atoms with Crippen molar-refractivity contribution in [3.8, 4) is 0 Å². The number of halogens is 1. The van der Waals surface area contributed by atoms with E-state index in [9.17, 15) is 14.3 Å². The third-order valence-electron chi connectivity index (χ3n) is 10.7. The molecular weight excluding hydrogens is 401 g/mol. The molecule has 2 N–H and O–H groups in total. The zero-order valence-corrected chi connectivity index (χ0v) is 19.5. The predicted molar refractivity (Wildman–Crippen MR) is 123 cm³/mol. The number of carbonyl (C=O) groups excluding carboxylic acids is 1. The summed E-state index contributed by atoms with van der Waals surface area (Å²) in [5.74, 6) is 5.19. The first-order valence-corrected chi connectivity index (χ1v) is 13.0. The van der Waals surface area contributed by atoms with Crippen LogP contribution in [0.15, 0.2) is 24.3 Å². The zero-order chi connectivity index (χ0) is 22.3. The lowest BCUT2D eigenvalue weighted by molar-refractivity contribution is -0.134. The molecule has 32 heavy (non-hydrogen) atoms. The Bertz CT molecular complexity index is 914. The van der Waals surface area contributed by atoms with Crippen molar-refractivity contribution in [1.82, 2.24) is 0 Å². The summed E-state index contributed by atoms with van der Waals surface area (Å²) in [6.07, 6.45) is 9.32. The Morgan fingerprint density at radius 2 is 1.81 bits per heavy atom. The normalized spacial score (nSPS) is 48.8. The number of carbonyl (C=O) groups is 1. The second-order valence-corrected chi connectivity index (χ2v) is 12.5. The predicted octanol–water partition coefficient (Wildman–Crippen LogP) is 5.68. The molecule has 1 aromatic carbocycles. The van der Waals surface area contributed by atoms with Crippen molar-refractivity contribution in [2.75, 3.05) is 11.9 Å². The molecule has 0 spiro atoms. The van der Waals surface area contributed by atoms with Gasteiger partial charge in [-0.3, -0.25) is 4.79 Å². The van der Waals surface area contributed by atoms with Crippen LogP contribution in [-0.4, -0.2) is 23.0 Å². The van der Waals surface area contributed by atoms with Crippen LogP contribution in [0.25, 0.3) is 0 Å². The van der Waals surface area contributed by atoms with Crippen LogP contribution in [0, 0.1) is 58.6 Å². The quantitative estimate of drug-likeness (QED) is 0.634. The monoisotopic (exact) mass is 439 g/mol. The maximum atomic E-state index is 14.0. The average molecular weight is 440 g/mol. The fraction of sp³-hybridized carbons (Fsp3) is 0.750. The van der Waals surface area contributed by atoms with Crippen molar-refractivity contribution in [3.05, 3.63) is 30.1 Å². The number of hydrogen-bond acceptors (Lipinski definition) is 3. The van der Waals surface area contributed by atoms with Crippen molar-refractivity contribution in [3.63, 3.8) is 0 Å². The lowest BCUT2D eigenvalue weighted by Crippen LogP contribution is -2.52. The first kappa shape index (κ1) is 21.1. The highest BCUT2D eigenvalue weighted by atomic mass is 19.1. The molecular formula is C28H38FNO2. The smallest absolute Gasteiger partial charge is 0.155 e. The second-order valence-electron chi connectivity index (χ2n) is 12.5. The Kier molecular flexibility index (Phi) is 4.81. The lowest BCUT2D eigenvalue weighted by Gasteiger charge is -2.57. The van der Waals surface area contributed by atoms with Gasteiger partial charge in [0.2, 0.25) is 0 Å². The highest BCUT2D eigenvalue weighted by Gasteiger charge is 2.70. The molecule has 1 aromatic rings. The molecule has 0 radical (unpaired) electrons. The van der Waals surface area contributed by atoms with Gasteiger partial charge in [0.25, 0.3) is 0 Å². The molecule has 0 aliphatic heterocycles. The van der Waals surface area contributed by atoms with Gasteiger partial charge in [0.15, 0.2) is 5.78 Å². The minimum atomic E-state index is -0.463. The third-order valence-corrected chi connectivity index (χ3v) is 10.7. The molecule has 5 aliphatic carbocycles. The van der Waals surface area contributed by atoms with Crippen molar-refractivity contribution in [2.45, 2.75) is 70.8 Å². The molecule has 0 aromatic heterocycles. The van der Waals surface area contributed by atoms with E-state index in [0.29, 0.717) is 29.2 Å². The molecule has 0 bridgehead atoms. The van der Waals surface area contributed by atoms with E-state index in [1.807, 2.05) is 13.0 Å². The molecule has 5 fully saturated rings. The van der Waals surface area contributed by atoms with E-state index in [1.54, 1.807) is 12.1 Å². The molecule has 3 nitrogen and oxygen atoms in total. The number of fused-ring (bicyclic) bond motifs is 7. The van der Waals surface area contributed by atoms with Crippen LogP contribution >= 0.6 is 0 Å². The highest BCUT2D eigenvalue weighted by molar-refractivity contribution is 5.87. The number of anilines is 1. The first-order valence-electron chi connectivity index (χ1n) is 13.0. The van der Waals surface area contributed by atoms with Crippen LogP contribution in [-0.2, 0) is 4.79 Å². The van der Waals surface area contributed by atoms with E-state index in [1.165, 1.54) is 44.6 Å². The average Bonchev–Trinajstić information content (AvgIpc) is 3.46. The number of benzene rings is 1. The van der Waals surface area contributed by atoms with Gasteiger partial charge in [-0.05, 0) is 117 Å². The Morgan fingerprint density at radius 3 is 2.62 bits per heavy atom. The number of nitrogens with one attached hydrogen (secondary N) is 1. The fourth-order valence-electron chi connectivity index (χ4n) is 9.55. The summed E-state index contributed by atoms with van der Waals surface area (Å²) in [6.45, 7) is 4.69. The third kappa shape index (κ3) is 3.19. The first-order chi connectivity index (χ1) is 15.3. The van der Waals surface area contributed by atoms with Crippen LogP contribution < -0.4 is 5.32 Å². The van der Waals surface area contributed by atoms with Gasteiger partial charge in [-0.2, -0.15) is 0 Å². The molecule has 5 aliphatic rings. The van der Waals surface area contributed by atoms with E-state index in [2.05, 4.69) is 12.2 Å². The summed E-state index contributed by atoms with van der Waals surface area (Å²) in [5, 5.41) is 13.7. The highest BCUT2D eigenvalue weighted by Crippen LogP contribution is 2.74. The minimum absolute atomic E-state index is 0.121. The van der Waals surface area contributed by atoms with E-state index >= 15 is 0 Å². The number of para-hydroxylation sites is 1. The van der Waals surface area contributed by atoms with Gasteiger partial charge in [-0.1, -0.05) is 19.1 Å². The zero-order valence-electron chi connectivity index (χ0n) is 19.5. The maximum Gasteiger partial charge on any atom is 0.155 e. The molecule has 10 atom stereocenters. The molecule has 0 unspecified atom stereocenters. The standard InChI is InChI=1S/C28H38FNO2/c1-27(32)11-9-17-16(14-27)7-8-19-18(17)10-12-28(2)25(19)20-13-21(20)26(28)24(31)15-30-23-6-4-3-5-22(23)29/h3-6,16-21,25-26,30,32H,7-15H2,1-2H3/t16-,17+,18-,19-,20-,21+,25-,26-,27-,28+/m1/s1. The lowest BCUT2D eigenvalue weighted by atomic mass is 9.48. The molecule has 174 valence electrons. The van der Waals surface area contributed by atoms with Crippen molar-refractivity contribution >= 4 is 11.5 Å². The molecule has 4 heteroatoms. The van der Waals surface area contributed by atoms with E-state index in [-0.39, 0.29) is 23.7 Å². The SMILES string of the molecule is C[C@@]1(O)CC[C@H]2[C@H](CC[C@@H]3[C@@H]2CC[C@@]2(C)[C@H]3[C@@H]3C[C@@H]3[C@@H]2C(=O)CNc2ccccc2F)C1. The number of hydrogen-bond donors (Lipinski definition) is 2. The summed E-state index contributed by atoms with van der Waals surface area (Å²) in [7, 11) is 0. The Morgan fingerprint density at radius 1 is 1.03 bits per heavy atom. The topological polar surface area (TPSA) is 49.3 Å². The summed E-state index contributed by atoms with van der Waals surface area (Å²) in [6, 6.07) is 6.65. The van der Waals surface area contributed by atoms with Gasteiger partial charge in [0.05, 0.1) is 17.8 Å². The Labute approximate surface area is 191 Å². The minimum Gasteiger partial charge on any atom is -0.390 e. The summed E-state index contributed by atoms with van der Waals surface area (Å²) < 4.78 is 14.0.